The van der Waals surface area contributed by atoms with Crippen LogP contribution in [0.15, 0.2) is 12.1 Å². The lowest BCUT2D eigenvalue weighted by Crippen LogP contribution is -2.39. The van der Waals surface area contributed by atoms with E-state index in [0.717, 1.165) is 25.7 Å². The number of halogens is 2. The van der Waals surface area contributed by atoms with Crippen LogP contribution >= 0.6 is 24.0 Å². The first-order valence-electron chi connectivity index (χ1n) is 7.26. The first-order valence-corrected chi connectivity index (χ1v) is 7.64. The second-order valence-electron chi connectivity index (χ2n) is 6.49. The molecular formula is C16H24Cl2N2O2. The maximum Gasteiger partial charge on any atom is 0.255 e. The molecule has 6 heteroatoms. The van der Waals surface area contributed by atoms with E-state index in [-0.39, 0.29) is 24.4 Å². The number of methoxy groups -OCH3 is 1. The van der Waals surface area contributed by atoms with Gasteiger partial charge in [0.05, 0.1) is 23.4 Å². The monoisotopic (exact) mass is 346 g/mol. The van der Waals surface area contributed by atoms with Gasteiger partial charge in [0.1, 0.15) is 5.75 Å². The minimum absolute atomic E-state index is 0. The van der Waals surface area contributed by atoms with Gasteiger partial charge in [-0.1, -0.05) is 25.4 Å². The predicted molar refractivity (Wildman–Crippen MR) is 93.2 cm³/mol. The summed E-state index contributed by atoms with van der Waals surface area (Å²) in [4.78, 5) is 12.4. The highest BCUT2D eigenvalue weighted by Gasteiger charge is 2.28. The third-order valence-electron chi connectivity index (χ3n) is 4.24. The van der Waals surface area contributed by atoms with Crippen molar-refractivity contribution < 1.29 is 9.53 Å². The van der Waals surface area contributed by atoms with Crippen molar-refractivity contribution in [1.82, 2.24) is 5.32 Å². The Balaban J connectivity index is 0.00000242. The van der Waals surface area contributed by atoms with Gasteiger partial charge in [-0.25, -0.2) is 0 Å². The minimum atomic E-state index is -0.154. The van der Waals surface area contributed by atoms with E-state index in [1.165, 1.54) is 7.11 Å². The maximum absolute atomic E-state index is 12.4. The topological polar surface area (TPSA) is 64.3 Å². The van der Waals surface area contributed by atoms with Gasteiger partial charge in [-0.2, -0.15) is 0 Å². The molecule has 1 fully saturated rings. The van der Waals surface area contributed by atoms with Crippen molar-refractivity contribution in [3.8, 4) is 5.75 Å². The van der Waals surface area contributed by atoms with Crippen LogP contribution in [0.2, 0.25) is 5.02 Å². The van der Waals surface area contributed by atoms with Crippen molar-refractivity contribution in [2.45, 2.75) is 45.6 Å². The molecule has 1 amide bonds. The summed E-state index contributed by atoms with van der Waals surface area (Å²) < 4.78 is 5.23. The number of hydrogen-bond donors (Lipinski definition) is 2. The van der Waals surface area contributed by atoms with Gasteiger partial charge in [-0.3, -0.25) is 4.79 Å². The molecule has 2 rings (SSSR count). The third kappa shape index (κ3) is 4.43. The van der Waals surface area contributed by atoms with E-state index in [1.54, 1.807) is 12.1 Å². The molecular weight excluding hydrogens is 323 g/mol. The first-order chi connectivity index (χ1) is 9.82. The Morgan fingerprint density at radius 2 is 1.95 bits per heavy atom. The lowest BCUT2D eigenvalue weighted by atomic mass is 9.75. The molecule has 3 N–H and O–H groups in total. The van der Waals surface area contributed by atoms with E-state index >= 15 is 0 Å². The quantitative estimate of drug-likeness (QED) is 0.811. The number of rotatable bonds is 3. The molecule has 1 aromatic carbocycles. The second-order valence-corrected chi connectivity index (χ2v) is 6.89. The summed E-state index contributed by atoms with van der Waals surface area (Å²) in [5.74, 6) is 0.295. The summed E-state index contributed by atoms with van der Waals surface area (Å²) in [6, 6.07) is 3.37. The lowest BCUT2D eigenvalue weighted by Gasteiger charge is -2.34. The van der Waals surface area contributed by atoms with Gasteiger partial charge < -0.3 is 15.8 Å². The third-order valence-corrected chi connectivity index (χ3v) is 4.57. The molecule has 1 saturated carbocycles. The molecule has 0 spiro atoms. The Bertz CT molecular complexity index is 537. The van der Waals surface area contributed by atoms with Crippen LogP contribution in [0, 0.1) is 5.41 Å². The van der Waals surface area contributed by atoms with Crippen molar-refractivity contribution in [2.24, 2.45) is 5.41 Å². The summed E-state index contributed by atoms with van der Waals surface area (Å²) in [6.45, 7) is 4.54. The average Bonchev–Trinajstić information content (AvgIpc) is 2.43. The lowest BCUT2D eigenvalue weighted by molar-refractivity contribution is 0.0906. The summed E-state index contributed by atoms with van der Waals surface area (Å²) in [5.41, 5.74) is 6.95. The number of nitrogen functional groups attached to an aromatic ring is 1. The summed E-state index contributed by atoms with van der Waals surface area (Å²) in [7, 11) is 1.52. The Morgan fingerprint density at radius 1 is 1.36 bits per heavy atom. The number of amides is 1. The van der Waals surface area contributed by atoms with Gasteiger partial charge in [0, 0.05) is 12.1 Å². The maximum atomic E-state index is 12.4. The van der Waals surface area contributed by atoms with E-state index in [4.69, 9.17) is 22.1 Å². The molecule has 0 aromatic heterocycles. The van der Waals surface area contributed by atoms with Crippen LogP contribution in [0.4, 0.5) is 5.69 Å². The fraction of sp³-hybridized carbons (Fsp3) is 0.562. The highest BCUT2D eigenvalue weighted by molar-refractivity contribution is 6.33. The molecule has 1 aliphatic carbocycles. The zero-order valence-corrected chi connectivity index (χ0v) is 14.8. The molecule has 0 aliphatic heterocycles. The molecule has 4 nitrogen and oxygen atoms in total. The molecule has 0 heterocycles. The number of anilines is 1. The van der Waals surface area contributed by atoms with Gasteiger partial charge in [0.15, 0.2) is 0 Å². The Kier molecular flexibility index (Phi) is 6.38. The fourth-order valence-electron chi connectivity index (χ4n) is 2.72. The Morgan fingerprint density at radius 3 is 2.50 bits per heavy atom. The van der Waals surface area contributed by atoms with E-state index in [0.29, 0.717) is 27.4 Å². The van der Waals surface area contributed by atoms with Gasteiger partial charge in [0.2, 0.25) is 0 Å². The van der Waals surface area contributed by atoms with Crippen LogP contribution in [0.25, 0.3) is 0 Å². The number of ether oxygens (including phenoxy) is 1. The Hall–Kier alpha value is -1.13. The number of carbonyl (C=O) groups excluding carboxylic acids is 1. The second kappa shape index (κ2) is 7.42. The fourth-order valence-corrected chi connectivity index (χ4v) is 2.89. The molecule has 22 heavy (non-hydrogen) atoms. The zero-order valence-electron chi connectivity index (χ0n) is 13.2. The number of carbonyl (C=O) groups is 1. The van der Waals surface area contributed by atoms with Crippen LogP contribution in [-0.2, 0) is 0 Å². The molecule has 0 radical (unpaired) electrons. The highest BCUT2D eigenvalue weighted by Crippen LogP contribution is 2.35. The van der Waals surface area contributed by atoms with Gasteiger partial charge >= 0.3 is 0 Å². The largest absolute Gasteiger partial charge is 0.496 e. The van der Waals surface area contributed by atoms with Crippen LogP contribution in [0.1, 0.15) is 49.9 Å². The van der Waals surface area contributed by atoms with Crippen molar-refractivity contribution in [3.05, 3.63) is 22.7 Å². The summed E-state index contributed by atoms with van der Waals surface area (Å²) in [6.07, 6.45) is 4.25. The smallest absolute Gasteiger partial charge is 0.255 e. The van der Waals surface area contributed by atoms with Crippen LogP contribution in [0.3, 0.4) is 0 Å². The van der Waals surface area contributed by atoms with E-state index < -0.39 is 0 Å². The van der Waals surface area contributed by atoms with E-state index in [2.05, 4.69) is 19.2 Å². The highest BCUT2D eigenvalue weighted by atomic mass is 35.5. The van der Waals surface area contributed by atoms with Crippen molar-refractivity contribution >= 4 is 35.6 Å². The molecule has 0 bridgehead atoms. The SMILES string of the molecule is COc1cc(N)c(Cl)cc1C(=O)NC1CCC(C)(C)CC1.Cl. The normalized spacial score (nSPS) is 17.5. The molecule has 1 aromatic rings. The Labute approximate surface area is 143 Å². The van der Waals surface area contributed by atoms with Crippen LogP contribution < -0.4 is 15.8 Å². The van der Waals surface area contributed by atoms with E-state index in [9.17, 15) is 4.79 Å². The standard InChI is InChI=1S/C16H23ClN2O2.ClH/c1-16(2)6-4-10(5-7-16)19-15(20)11-8-12(17)13(18)9-14(11)21-3;/h8-10H,4-7,18H2,1-3H3,(H,19,20);1H. The van der Waals surface area contributed by atoms with Crippen LogP contribution in [0.5, 0.6) is 5.75 Å². The van der Waals surface area contributed by atoms with Gasteiger partial charge in [-0.15, -0.1) is 12.4 Å². The average molecular weight is 347 g/mol. The molecule has 0 saturated heterocycles. The number of nitrogens with one attached hydrogen (secondary N) is 1. The van der Waals surface area contributed by atoms with Gasteiger partial charge in [0.25, 0.3) is 5.91 Å². The molecule has 1 aliphatic rings. The van der Waals surface area contributed by atoms with E-state index in [1.807, 2.05) is 0 Å². The van der Waals surface area contributed by atoms with Crippen molar-refractivity contribution in [3.63, 3.8) is 0 Å². The zero-order chi connectivity index (χ0) is 15.6. The summed E-state index contributed by atoms with van der Waals surface area (Å²) in [5, 5.41) is 3.44. The number of hydrogen-bond acceptors (Lipinski definition) is 3. The number of nitrogens with two attached hydrogens (primary N) is 1. The van der Waals surface area contributed by atoms with Crippen LogP contribution in [-0.4, -0.2) is 19.1 Å². The van der Waals surface area contributed by atoms with Gasteiger partial charge in [-0.05, 0) is 37.2 Å². The minimum Gasteiger partial charge on any atom is -0.496 e. The van der Waals surface area contributed by atoms with Crippen molar-refractivity contribution in [2.75, 3.05) is 12.8 Å². The first kappa shape index (κ1) is 18.9. The van der Waals surface area contributed by atoms with Crippen molar-refractivity contribution in [1.29, 1.82) is 0 Å². The predicted octanol–water partition coefficient (Wildman–Crippen LogP) is 4.05. The summed E-state index contributed by atoms with van der Waals surface area (Å²) >= 11 is 6.01. The molecule has 124 valence electrons. The molecule has 0 unspecified atom stereocenters. The molecule has 0 atom stereocenters. The number of benzene rings is 1.